The number of aromatic nitrogens is 1. The highest BCUT2D eigenvalue weighted by atomic mass is 16.4. The van der Waals surface area contributed by atoms with Crippen molar-refractivity contribution in [1.29, 1.82) is 0 Å². The van der Waals surface area contributed by atoms with Crippen molar-refractivity contribution in [2.24, 2.45) is 0 Å². The lowest BCUT2D eigenvalue weighted by molar-refractivity contribution is -0.137. The fourth-order valence-corrected chi connectivity index (χ4v) is 1.31. The van der Waals surface area contributed by atoms with Crippen LogP contribution in [0.1, 0.15) is 37.6 Å². The van der Waals surface area contributed by atoms with Crippen LogP contribution in [0.3, 0.4) is 0 Å². The third-order valence-corrected chi connectivity index (χ3v) is 2.03. The molecule has 0 atom stereocenters. The van der Waals surface area contributed by atoms with Crippen molar-refractivity contribution < 1.29 is 14.3 Å². The van der Waals surface area contributed by atoms with Gasteiger partial charge >= 0.3 is 5.97 Å². The normalized spacial score (nSPS) is 10.4. The van der Waals surface area contributed by atoms with Crippen molar-refractivity contribution in [2.45, 2.75) is 39.5 Å². The zero-order chi connectivity index (χ0) is 10.6. The number of nitrogens with zero attached hydrogens (tertiary/aromatic N) is 1. The standard InChI is InChI=1S/C10H15NO3/c1-3-7-8(4-2)14-9(11-7)5-6-10(12)13/h3-6H2,1-2H3,(H,12,13). The minimum atomic E-state index is -0.820. The van der Waals surface area contributed by atoms with Crippen LogP contribution in [0.2, 0.25) is 0 Å². The quantitative estimate of drug-likeness (QED) is 0.782. The minimum Gasteiger partial charge on any atom is -0.481 e. The molecule has 0 saturated carbocycles. The molecule has 1 N–H and O–H groups in total. The molecule has 0 amide bonds. The van der Waals surface area contributed by atoms with Gasteiger partial charge in [-0.2, -0.15) is 0 Å². The molecule has 0 aliphatic carbocycles. The van der Waals surface area contributed by atoms with Gasteiger partial charge in [0.25, 0.3) is 0 Å². The van der Waals surface area contributed by atoms with Gasteiger partial charge in [0.2, 0.25) is 0 Å². The number of oxazole rings is 1. The average Bonchev–Trinajstić information content (AvgIpc) is 2.57. The molecule has 0 spiro atoms. The zero-order valence-electron chi connectivity index (χ0n) is 8.54. The molecule has 0 aliphatic rings. The first-order valence-electron chi connectivity index (χ1n) is 4.86. The topological polar surface area (TPSA) is 63.3 Å². The van der Waals surface area contributed by atoms with Gasteiger partial charge in [0.15, 0.2) is 5.89 Å². The van der Waals surface area contributed by atoms with Crippen LogP contribution in [0.15, 0.2) is 4.42 Å². The van der Waals surface area contributed by atoms with Crippen LogP contribution in [-0.4, -0.2) is 16.1 Å². The Bertz CT molecular complexity index is 296. The maximum Gasteiger partial charge on any atom is 0.303 e. The summed E-state index contributed by atoms with van der Waals surface area (Å²) < 4.78 is 5.43. The molecule has 1 aromatic heterocycles. The fourth-order valence-electron chi connectivity index (χ4n) is 1.31. The van der Waals surface area contributed by atoms with Crippen molar-refractivity contribution in [3.05, 3.63) is 17.3 Å². The van der Waals surface area contributed by atoms with Crippen LogP contribution in [0, 0.1) is 0 Å². The largest absolute Gasteiger partial charge is 0.481 e. The lowest BCUT2D eigenvalue weighted by Crippen LogP contribution is -1.97. The van der Waals surface area contributed by atoms with Gasteiger partial charge in [-0.05, 0) is 6.42 Å². The van der Waals surface area contributed by atoms with E-state index in [1.165, 1.54) is 0 Å². The number of hydrogen-bond donors (Lipinski definition) is 1. The van der Waals surface area contributed by atoms with E-state index in [-0.39, 0.29) is 6.42 Å². The molecule has 0 aromatic carbocycles. The maximum absolute atomic E-state index is 10.3. The first kappa shape index (κ1) is 10.8. The SMILES string of the molecule is CCc1nc(CCC(=O)O)oc1CC. The van der Waals surface area contributed by atoms with E-state index in [4.69, 9.17) is 9.52 Å². The summed E-state index contributed by atoms with van der Waals surface area (Å²) in [4.78, 5) is 14.6. The predicted molar refractivity (Wildman–Crippen MR) is 51.2 cm³/mol. The Morgan fingerprint density at radius 2 is 2.14 bits per heavy atom. The molecule has 0 fully saturated rings. The molecule has 0 unspecified atom stereocenters. The van der Waals surface area contributed by atoms with Gasteiger partial charge in [-0.15, -0.1) is 0 Å². The summed E-state index contributed by atoms with van der Waals surface area (Å²) in [6, 6.07) is 0. The number of aliphatic carboxylic acids is 1. The van der Waals surface area contributed by atoms with E-state index in [1.54, 1.807) is 0 Å². The Hall–Kier alpha value is -1.32. The smallest absolute Gasteiger partial charge is 0.303 e. The molecule has 0 aliphatic heterocycles. The molecule has 14 heavy (non-hydrogen) atoms. The summed E-state index contributed by atoms with van der Waals surface area (Å²) in [6.45, 7) is 4.01. The average molecular weight is 197 g/mol. The number of carboxylic acid groups (broad SMARTS) is 1. The van der Waals surface area contributed by atoms with Crippen molar-refractivity contribution in [2.75, 3.05) is 0 Å². The van der Waals surface area contributed by atoms with Gasteiger partial charge in [0.05, 0.1) is 12.1 Å². The Labute approximate surface area is 83.0 Å². The van der Waals surface area contributed by atoms with Gasteiger partial charge in [-0.1, -0.05) is 13.8 Å². The van der Waals surface area contributed by atoms with E-state index in [9.17, 15) is 4.79 Å². The van der Waals surface area contributed by atoms with Crippen molar-refractivity contribution >= 4 is 5.97 Å². The fraction of sp³-hybridized carbons (Fsp3) is 0.600. The highest BCUT2D eigenvalue weighted by Gasteiger charge is 2.10. The summed E-state index contributed by atoms with van der Waals surface area (Å²) in [5, 5.41) is 8.50. The minimum absolute atomic E-state index is 0.0762. The molecule has 1 heterocycles. The molecule has 4 nitrogen and oxygen atoms in total. The molecule has 4 heteroatoms. The molecule has 0 radical (unpaired) electrons. The predicted octanol–water partition coefficient (Wildman–Crippen LogP) is 1.82. The second kappa shape index (κ2) is 4.79. The van der Waals surface area contributed by atoms with Gasteiger partial charge in [-0.3, -0.25) is 4.79 Å². The van der Waals surface area contributed by atoms with E-state index in [2.05, 4.69) is 4.98 Å². The second-order valence-electron chi connectivity index (χ2n) is 3.08. The van der Waals surface area contributed by atoms with E-state index in [1.807, 2.05) is 13.8 Å². The molecule has 1 rings (SSSR count). The Kier molecular flexibility index (Phi) is 3.68. The van der Waals surface area contributed by atoms with Gasteiger partial charge in [0.1, 0.15) is 5.76 Å². The van der Waals surface area contributed by atoms with Gasteiger partial charge in [0, 0.05) is 12.8 Å². The van der Waals surface area contributed by atoms with Gasteiger partial charge < -0.3 is 9.52 Å². The maximum atomic E-state index is 10.3. The number of hydrogen-bond acceptors (Lipinski definition) is 3. The Morgan fingerprint density at radius 3 is 2.57 bits per heavy atom. The lowest BCUT2D eigenvalue weighted by atomic mass is 10.2. The number of carboxylic acids is 1. The van der Waals surface area contributed by atoms with Crippen molar-refractivity contribution in [3.63, 3.8) is 0 Å². The first-order chi connectivity index (χ1) is 6.67. The van der Waals surface area contributed by atoms with E-state index < -0.39 is 5.97 Å². The van der Waals surface area contributed by atoms with Crippen LogP contribution >= 0.6 is 0 Å². The highest BCUT2D eigenvalue weighted by Crippen LogP contribution is 2.13. The van der Waals surface area contributed by atoms with Crippen LogP contribution in [0.5, 0.6) is 0 Å². The molecule has 0 saturated heterocycles. The number of carbonyl (C=O) groups is 1. The Balaban J connectivity index is 2.69. The van der Waals surface area contributed by atoms with Gasteiger partial charge in [-0.25, -0.2) is 4.98 Å². The van der Waals surface area contributed by atoms with Crippen molar-refractivity contribution in [3.8, 4) is 0 Å². The van der Waals surface area contributed by atoms with E-state index in [0.717, 1.165) is 24.3 Å². The second-order valence-corrected chi connectivity index (χ2v) is 3.08. The third kappa shape index (κ3) is 2.58. The summed E-state index contributed by atoms with van der Waals surface area (Å²) in [5.41, 5.74) is 0.952. The van der Waals surface area contributed by atoms with E-state index in [0.29, 0.717) is 12.3 Å². The first-order valence-corrected chi connectivity index (χ1v) is 4.86. The summed E-state index contributed by atoms with van der Waals surface area (Å²) in [6.07, 6.45) is 2.10. The molecular weight excluding hydrogens is 182 g/mol. The molecule has 1 aromatic rings. The summed E-state index contributed by atoms with van der Waals surface area (Å²) >= 11 is 0. The summed E-state index contributed by atoms with van der Waals surface area (Å²) in [5.74, 6) is 0.605. The zero-order valence-corrected chi connectivity index (χ0v) is 8.54. The van der Waals surface area contributed by atoms with Crippen LogP contribution in [0.4, 0.5) is 0 Å². The third-order valence-electron chi connectivity index (χ3n) is 2.03. The number of rotatable bonds is 5. The summed E-state index contributed by atoms with van der Waals surface area (Å²) in [7, 11) is 0. The number of aryl methyl sites for hydroxylation is 3. The lowest BCUT2D eigenvalue weighted by Gasteiger charge is -1.90. The van der Waals surface area contributed by atoms with Crippen molar-refractivity contribution in [1.82, 2.24) is 4.98 Å². The van der Waals surface area contributed by atoms with E-state index >= 15 is 0 Å². The monoisotopic (exact) mass is 197 g/mol. The molecular formula is C10H15NO3. The van der Waals surface area contributed by atoms with Crippen LogP contribution in [0.25, 0.3) is 0 Å². The van der Waals surface area contributed by atoms with Crippen LogP contribution < -0.4 is 0 Å². The Morgan fingerprint density at radius 1 is 1.43 bits per heavy atom. The molecule has 78 valence electrons. The highest BCUT2D eigenvalue weighted by molar-refractivity contribution is 5.66. The van der Waals surface area contributed by atoms with Crippen LogP contribution in [-0.2, 0) is 24.1 Å². The molecule has 0 bridgehead atoms.